The third kappa shape index (κ3) is 3.12. The number of phenolic OH excluding ortho intramolecular Hbond substituents is 1. The maximum Gasteiger partial charge on any atom is 0.212 e. The van der Waals surface area contributed by atoms with Crippen molar-refractivity contribution >= 4 is 18.0 Å². The van der Waals surface area contributed by atoms with Crippen molar-refractivity contribution in [2.75, 3.05) is 5.75 Å². The van der Waals surface area contributed by atoms with Crippen LogP contribution in [0.4, 0.5) is 0 Å². The Bertz CT molecular complexity index is 583. The van der Waals surface area contributed by atoms with Gasteiger partial charge in [0.2, 0.25) is 5.16 Å². The third-order valence-electron chi connectivity index (χ3n) is 2.01. The van der Waals surface area contributed by atoms with Gasteiger partial charge in [-0.25, -0.2) is 0 Å². The molecule has 5 nitrogen and oxygen atoms in total. The Labute approximate surface area is 109 Å². The predicted molar refractivity (Wildman–Crippen MR) is 70.7 cm³/mol. The first-order valence-electron chi connectivity index (χ1n) is 5.09. The van der Waals surface area contributed by atoms with Crippen molar-refractivity contribution in [1.29, 1.82) is 0 Å². The van der Waals surface area contributed by atoms with Crippen LogP contribution in [0.25, 0.3) is 0 Å². The van der Waals surface area contributed by atoms with Gasteiger partial charge in [-0.05, 0) is 29.8 Å². The second-order valence-electron chi connectivity index (χ2n) is 3.29. The summed E-state index contributed by atoms with van der Waals surface area (Å²) in [6.45, 7) is 0. The summed E-state index contributed by atoms with van der Waals surface area (Å²) in [6, 6.07) is 6.72. The van der Waals surface area contributed by atoms with Gasteiger partial charge in [0.15, 0.2) is 0 Å². The van der Waals surface area contributed by atoms with Crippen molar-refractivity contribution in [3.05, 3.63) is 36.2 Å². The quantitative estimate of drug-likeness (QED) is 0.514. The number of phenols is 1. The maximum absolute atomic E-state index is 9.16. The van der Waals surface area contributed by atoms with Crippen molar-refractivity contribution in [3.8, 4) is 18.1 Å². The zero-order chi connectivity index (χ0) is 12.8. The molecular formula is C12H10N4OS. The molecule has 0 radical (unpaired) electrons. The van der Waals surface area contributed by atoms with Gasteiger partial charge in [0.1, 0.15) is 12.1 Å². The molecule has 0 atom stereocenters. The van der Waals surface area contributed by atoms with E-state index in [1.807, 2.05) is 0 Å². The van der Waals surface area contributed by atoms with Crippen LogP contribution in [0.2, 0.25) is 0 Å². The molecule has 0 aliphatic carbocycles. The van der Waals surface area contributed by atoms with E-state index in [0.29, 0.717) is 10.9 Å². The van der Waals surface area contributed by atoms with Gasteiger partial charge in [-0.15, -0.1) is 16.6 Å². The van der Waals surface area contributed by atoms with Crippen molar-refractivity contribution in [3.63, 3.8) is 0 Å². The van der Waals surface area contributed by atoms with E-state index >= 15 is 0 Å². The third-order valence-corrected chi connectivity index (χ3v) is 2.85. The number of hydrogen-bond donors (Lipinski definition) is 1. The number of benzene rings is 1. The molecule has 0 bridgehead atoms. The van der Waals surface area contributed by atoms with E-state index in [2.05, 4.69) is 21.2 Å². The van der Waals surface area contributed by atoms with E-state index in [1.165, 1.54) is 18.1 Å². The molecule has 90 valence electrons. The molecule has 0 unspecified atom stereocenters. The molecule has 1 aromatic heterocycles. The van der Waals surface area contributed by atoms with Crippen molar-refractivity contribution < 1.29 is 5.11 Å². The van der Waals surface area contributed by atoms with Gasteiger partial charge >= 0.3 is 0 Å². The number of nitrogens with zero attached hydrogens (tertiary/aromatic N) is 4. The molecule has 0 saturated carbocycles. The lowest BCUT2D eigenvalue weighted by Crippen LogP contribution is -1.92. The normalized spacial score (nSPS) is 10.6. The van der Waals surface area contributed by atoms with Gasteiger partial charge in [0, 0.05) is 0 Å². The fourth-order valence-corrected chi connectivity index (χ4v) is 1.73. The lowest BCUT2D eigenvalue weighted by molar-refractivity contribution is 0.475. The van der Waals surface area contributed by atoms with E-state index in [-0.39, 0.29) is 5.75 Å². The van der Waals surface area contributed by atoms with Gasteiger partial charge in [-0.1, -0.05) is 17.7 Å². The first-order chi connectivity index (χ1) is 8.79. The van der Waals surface area contributed by atoms with Crippen molar-refractivity contribution in [2.45, 2.75) is 5.16 Å². The summed E-state index contributed by atoms with van der Waals surface area (Å²) in [5, 5.41) is 21.7. The molecule has 2 rings (SSSR count). The summed E-state index contributed by atoms with van der Waals surface area (Å²) in [6.07, 6.45) is 8.35. The van der Waals surface area contributed by atoms with Gasteiger partial charge in [0.05, 0.1) is 12.0 Å². The Hall–Kier alpha value is -2.26. The fourth-order valence-electron chi connectivity index (χ4n) is 1.19. The molecule has 0 aliphatic rings. The minimum atomic E-state index is 0.224. The van der Waals surface area contributed by atoms with Crippen molar-refractivity contribution in [1.82, 2.24) is 14.9 Å². The summed E-state index contributed by atoms with van der Waals surface area (Å²) in [7, 11) is 0. The van der Waals surface area contributed by atoms with Gasteiger partial charge in [0.25, 0.3) is 0 Å². The Kier molecular flexibility index (Phi) is 3.99. The molecule has 0 amide bonds. The van der Waals surface area contributed by atoms with Crippen LogP contribution in [0, 0.1) is 12.3 Å². The van der Waals surface area contributed by atoms with E-state index in [9.17, 15) is 0 Å². The highest BCUT2D eigenvalue weighted by atomic mass is 32.2. The number of terminal acetylenes is 1. The molecule has 1 heterocycles. The van der Waals surface area contributed by atoms with Crippen LogP contribution < -0.4 is 0 Å². The maximum atomic E-state index is 9.16. The Morgan fingerprint density at radius 3 is 2.94 bits per heavy atom. The molecule has 0 fully saturated rings. The summed E-state index contributed by atoms with van der Waals surface area (Å²) in [5.41, 5.74) is 0.870. The Morgan fingerprint density at radius 1 is 1.44 bits per heavy atom. The summed E-state index contributed by atoms with van der Waals surface area (Å²) >= 11 is 1.39. The second-order valence-corrected chi connectivity index (χ2v) is 4.23. The summed E-state index contributed by atoms with van der Waals surface area (Å²) in [5.74, 6) is 3.26. The van der Waals surface area contributed by atoms with Crippen LogP contribution in [0.1, 0.15) is 5.56 Å². The largest absolute Gasteiger partial charge is 0.508 e. The zero-order valence-corrected chi connectivity index (χ0v) is 10.2. The molecule has 0 aliphatic heterocycles. The Morgan fingerprint density at radius 2 is 2.22 bits per heavy atom. The standard InChI is InChI=1S/C12H10N4OS/c1-2-7-18-12-15-13-9-16(12)14-8-10-3-5-11(17)6-4-10/h1,3-6,8-9,17H,7H2/b14-8+. The van der Waals surface area contributed by atoms with Gasteiger partial charge in [-0.3, -0.25) is 0 Å². The van der Waals surface area contributed by atoms with E-state index in [4.69, 9.17) is 11.5 Å². The molecule has 18 heavy (non-hydrogen) atoms. The number of thioether (sulfide) groups is 1. The highest BCUT2D eigenvalue weighted by molar-refractivity contribution is 7.99. The van der Waals surface area contributed by atoms with Crippen LogP contribution >= 0.6 is 11.8 Å². The van der Waals surface area contributed by atoms with E-state index in [1.54, 1.807) is 35.2 Å². The Balaban J connectivity index is 2.11. The number of aromatic nitrogens is 3. The monoisotopic (exact) mass is 258 g/mol. The van der Waals surface area contributed by atoms with Crippen LogP contribution in [0.3, 0.4) is 0 Å². The van der Waals surface area contributed by atoms with Crippen LogP contribution in [0.15, 0.2) is 40.9 Å². The molecule has 1 aromatic carbocycles. The SMILES string of the molecule is C#CCSc1nncn1/N=C/c1ccc(O)cc1. The molecule has 0 saturated heterocycles. The van der Waals surface area contributed by atoms with E-state index in [0.717, 1.165) is 5.56 Å². The second kappa shape index (κ2) is 5.89. The predicted octanol–water partition coefficient (Wildman–Crippen LogP) is 1.59. The lowest BCUT2D eigenvalue weighted by atomic mass is 10.2. The van der Waals surface area contributed by atoms with Crippen molar-refractivity contribution in [2.24, 2.45) is 5.10 Å². The van der Waals surface area contributed by atoms with Gasteiger partial charge in [-0.2, -0.15) is 9.78 Å². The van der Waals surface area contributed by atoms with Crippen LogP contribution in [0.5, 0.6) is 5.75 Å². The first-order valence-corrected chi connectivity index (χ1v) is 6.08. The summed E-state index contributed by atoms with van der Waals surface area (Å²) in [4.78, 5) is 0. The highest BCUT2D eigenvalue weighted by Gasteiger charge is 2.01. The molecule has 2 aromatic rings. The fraction of sp³-hybridized carbons (Fsp3) is 0.0833. The molecule has 6 heteroatoms. The minimum absolute atomic E-state index is 0.224. The minimum Gasteiger partial charge on any atom is -0.508 e. The van der Waals surface area contributed by atoms with Crippen LogP contribution in [-0.4, -0.2) is 31.9 Å². The first kappa shape index (κ1) is 12.2. The number of rotatable bonds is 4. The van der Waals surface area contributed by atoms with Gasteiger partial charge < -0.3 is 5.11 Å². The highest BCUT2D eigenvalue weighted by Crippen LogP contribution is 2.13. The molecular weight excluding hydrogens is 248 g/mol. The zero-order valence-electron chi connectivity index (χ0n) is 9.39. The molecule has 1 N–H and O–H groups in total. The number of hydrogen-bond acceptors (Lipinski definition) is 5. The topological polar surface area (TPSA) is 63.3 Å². The van der Waals surface area contributed by atoms with Crippen LogP contribution in [-0.2, 0) is 0 Å². The number of aromatic hydroxyl groups is 1. The van der Waals surface area contributed by atoms with E-state index < -0.39 is 0 Å². The summed E-state index contributed by atoms with van der Waals surface area (Å²) < 4.78 is 1.55. The molecule has 0 spiro atoms. The average molecular weight is 258 g/mol. The lowest BCUT2D eigenvalue weighted by Gasteiger charge is -1.97. The smallest absolute Gasteiger partial charge is 0.212 e. The average Bonchev–Trinajstić information content (AvgIpc) is 2.83.